The normalized spacial score (nSPS) is 23.2. The summed E-state index contributed by atoms with van der Waals surface area (Å²) in [6, 6.07) is 7.03. The number of piperazine rings is 1. The maximum Gasteiger partial charge on any atom is 0.225 e. The highest BCUT2D eigenvalue weighted by atomic mass is 16.5. The van der Waals surface area contributed by atoms with Crippen LogP contribution < -0.4 is 10.1 Å². The Labute approximate surface area is 150 Å². The van der Waals surface area contributed by atoms with Crippen LogP contribution in [-0.2, 0) is 11.2 Å². The zero-order valence-corrected chi connectivity index (χ0v) is 15.2. The van der Waals surface area contributed by atoms with E-state index in [1.54, 1.807) is 0 Å². The van der Waals surface area contributed by atoms with E-state index in [1.165, 1.54) is 11.1 Å². The molecule has 3 aliphatic rings. The summed E-state index contributed by atoms with van der Waals surface area (Å²) in [7, 11) is 0. The van der Waals surface area contributed by atoms with Gasteiger partial charge < -0.3 is 15.0 Å². The molecule has 5 nitrogen and oxygen atoms in total. The highest BCUT2D eigenvalue weighted by Crippen LogP contribution is 2.31. The molecule has 0 bridgehead atoms. The average molecular weight is 343 g/mol. The number of amides is 1. The second kappa shape index (κ2) is 7.34. The van der Waals surface area contributed by atoms with Crippen LogP contribution in [0.25, 0.3) is 0 Å². The second-order valence-electron chi connectivity index (χ2n) is 7.53. The van der Waals surface area contributed by atoms with Crippen molar-refractivity contribution in [3.63, 3.8) is 0 Å². The van der Waals surface area contributed by atoms with E-state index in [1.807, 2.05) is 0 Å². The lowest BCUT2D eigenvalue weighted by Gasteiger charge is -2.40. The molecule has 3 heterocycles. The molecule has 25 heavy (non-hydrogen) atoms. The minimum atomic E-state index is 0.235. The van der Waals surface area contributed by atoms with Crippen molar-refractivity contribution in [1.29, 1.82) is 0 Å². The van der Waals surface area contributed by atoms with E-state index in [4.69, 9.17) is 4.74 Å². The van der Waals surface area contributed by atoms with E-state index in [-0.39, 0.29) is 5.92 Å². The van der Waals surface area contributed by atoms with E-state index in [9.17, 15) is 4.79 Å². The molecular formula is C20H29N3O2. The van der Waals surface area contributed by atoms with Crippen LogP contribution in [0.1, 0.15) is 36.9 Å². The lowest BCUT2D eigenvalue weighted by atomic mass is 9.96. The van der Waals surface area contributed by atoms with Gasteiger partial charge in [0.25, 0.3) is 0 Å². The lowest BCUT2D eigenvalue weighted by molar-refractivity contribution is -0.138. The summed E-state index contributed by atoms with van der Waals surface area (Å²) < 4.78 is 5.72. The Bertz CT molecular complexity index is 619. The monoisotopic (exact) mass is 343 g/mol. The number of nitrogens with zero attached hydrogens (tertiary/aromatic N) is 2. The van der Waals surface area contributed by atoms with Gasteiger partial charge >= 0.3 is 0 Å². The molecule has 0 saturated carbocycles. The maximum atomic E-state index is 12.7. The van der Waals surface area contributed by atoms with Gasteiger partial charge in [-0.1, -0.05) is 12.1 Å². The molecule has 1 aromatic carbocycles. The molecule has 1 aromatic rings. The number of nitrogens with one attached hydrogen (secondary N) is 1. The summed E-state index contributed by atoms with van der Waals surface area (Å²) in [5.74, 6) is 1.67. The highest BCUT2D eigenvalue weighted by Gasteiger charge is 2.30. The molecule has 0 radical (unpaired) electrons. The Morgan fingerprint density at radius 1 is 1.20 bits per heavy atom. The third kappa shape index (κ3) is 3.53. The predicted octanol–water partition coefficient (Wildman–Crippen LogP) is 1.83. The minimum Gasteiger partial charge on any atom is -0.493 e. The van der Waals surface area contributed by atoms with E-state index < -0.39 is 0 Å². The number of benzene rings is 1. The summed E-state index contributed by atoms with van der Waals surface area (Å²) in [4.78, 5) is 17.3. The number of rotatable bonds is 3. The van der Waals surface area contributed by atoms with Gasteiger partial charge in [-0.25, -0.2) is 0 Å². The molecule has 5 heteroatoms. The van der Waals surface area contributed by atoms with Gasteiger partial charge in [-0.2, -0.15) is 0 Å². The van der Waals surface area contributed by atoms with Crippen LogP contribution in [0, 0.1) is 5.92 Å². The fraction of sp³-hybridized carbons (Fsp3) is 0.650. The number of hydrogen-bond donors (Lipinski definition) is 1. The predicted molar refractivity (Wildman–Crippen MR) is 97.8 cm³/mol. The van der Waals surface area contributed by atoms with Gasteiger partial charge in [0.1, 0.15) is 5.75 Å². The van der Waals surface area contributed by atoms with Gasteiger partial charge in [0, 0.05) is 44.6 Å². The Hall–Kier alpha value is -1.59. The van der Waals surface area contributed by atoms with Crippen molar-refractivity contribution in [2.24, 2.45) is 5.92 Å². The van der Waals surface area contributed by atoms with Gasteiger partial charge in [0.05, 0.1) is 6.61 Å². The van der Waals surface area contributed by atoms with Crippen LogP contribution in [0.3, 0.4) is 0 Å². The number of carbonyl (C=O) groups is 1. The second-order valence-corrected chi connectivity index (χ2v) is 7.53. The largest absolute Gasteiger partial charge is 0.493 e. The van der Waals surface area contributed by atoms with Crippen LogP contribution >= 0.6 is 0 Å². The van der Waals surface area contributed by atoms with Crippen molar-refractivity contribution in [1.82, 2.24) is 15.1 Å². The van der Waals surface area contributed by atoms with E-state index >= 15 is 0 Å². The van der Waals surface area contributed by atoms with Crippen LogP contribution in [0.5, 0.6) is 5.75 Å². The molecule has 0 spiro atoms. The third-order valence-electron chi connectivity index (χ3n) is 6.06. The van der Waals surface area contributed by atoms with Crippen molar-refractivity contribution >= 4 is 5.91 Å². The van der Waals surface area contributed by atoms with Crippen molar-refractivity contribution in [2.75, 3.05) is 45.9 Å². The van der Waals surface area contributed by atoms with E-state index in [0.717, 1.165) is 70.9 Å². The van der Waals surface area contributed by atoms with Gasteiger partial charge in [0.2, 0.25) is 5.91 Å². The van der Waals surface area contributed by atoms with Crippen molar-refractivity contribution in [3.05, 3.63) is 29.3 Å². The Balaban J connectivity index is 1.34. The molecule has 4 rings (SSSR count). The van der Waals surface area contributed by atoms with Crippen LogP contribution in [0.15, 0.2) is 18.2 Å². The molecule has 2 fully saturated rings. The summed E-state index contributed by atoms with van der Waals surface area (Å²) >= 11 is 0. The molecule has 1 amide bonds. The molecule has 2 saturated heterocycles. The average Bonchev–Trinajstić information content (AvgIpc) is 3.15. The Morgan fingerprint density at radius 3 is 2.72 bits per heavy atom. The van der Waals surface area contributed by atoms with E-state index in [0.29, 0.717) is 11.9 Å². The molecular weight excluding hydrogens is 314 g/mol. The Kier molecular flexibility index (Phi) is 4.95. The van der Waals surface area contributed by atoms with E-state index in [2.05, 4.69) is 40.2 Å². The maximum absolute atomic E-state index is 12.7. The summed E-state index contributed by atoms with van der Waals surface area (Å²) in [5, 5.41) is 3.34. The fourth-order valence-electron chi connectivity index (χ4n) is 4.31. The van der Waals surface area contributed by atoms with Crippen molar-refractivity contribution in [2.45, 2.75) is 32.2 Å². The van der Waals surface area contributed by atoms with Crippen LogP contribution in [-0.4, -0.2) is 61.6 Å². The molecule has 1 atom stereocenters. The summed E-state index contributed by atoms with van der Waals surface area (Å²) in [5.41, 5.74) is 2.65. The van der Waals surface area contributed by atoms with Gasteiger partial charge in [-0.3, -0.25) is 9.69 Å². The topological polar surface area (TPSA) is 44.8 Å². The van der Waals surface area contributed by atoms with Gasteiger partial charge in [-0.15, -0.1) is 0 Å². The Morgan fingerprint density at radius 2 is 1.96 bits per heavy atom. The number of hydrogen-bond acceptors (Lipinski definition) is 4. The number of ether oxygens (including phenoxy) is 1. The lowest BCUT2D eigenvalue weighted by Crippen LogP contribution is -2.51. The standard InChI is InChI=1S/C20H29N3O2/c1-15(18-3-2-16-6-13-25-19(16)14-18)22-9-11-23(12-10-22)20(24)17-4-7-21-8-5-17/h2-3,14-15,17,21H,4-13H2,1H3. The van der Waals surface area contributed by atoms with Crippen LogP contribution in [0.2, 0.25) is 0 Å². The smallest absolute Gasteiger partial charge is 0.225 e. The molecule has 1 unspecified atom stereocenters. The quantitative estimate of drug-likeness (QED) is 0.909. The molecule has 0 aliphatic carbocycles. The molecule has 0 aromatic heterocycles. The molecule has 3 aliphatic heterocycles. The first-order chi connectivity index (χ1) is 12.2. The summed E-state index contributed by atoms with van der Waals surface area (Å²) in [6.45, 7) is 8.65. The number of piperidine rings is 1. The first-order valence-corrected chi connectivity index (χ1v) is 9.71. The number of fused-ring (bicyclic) bond motifs is 1. The van der Waals surface area contributed by atoms with Gasteiger partial charge in [0.15, 0.2) is 0 Å². The van der Waals surface area contributed by atoms with Gasteiger partial charge in [-0.05, 0) is 50.0 Å². The highest BCUT2D eigenvalue weighted by molar-refractivity contribution is 5.79. The fourth-order valence-corrected chi connectivity index (χ4v) is 4.31. The van der Waals surface area contributed by atoms with Crippen molar-refractivity contribution in [3.8, 4) is 5.75 Å². The van der Waals surface area contributed by atoms with Crippen molar-refractivity contribution < 1.29 is 9.53 Å². The third-order valence-corrected chi connectivity index (χ3v) is 6.06. The molecule has 1 N–H and O–H groups in total. The van der Waals surface area contributed by atoms with Crippen LogP contribution in [0.4, 0.5) is 0 Å². The zero-order chi connectivity index (χ0) is 17.2. The number of carbonyl (C=O) groups excluding carboxylic acids is 1. The zero-order valence-electron chi connectivity index (χ0n) is 15.2. The first-order valence-electron chi connectivity index (χ1n) is 9.71. The first kappa shape index (κ1) is 16.9. The summed E-state index contributed by atoms with van der Waals surface area (Å²) in [6.07, 6.45) is 3.01. The minimum absolute atomic E-state index is 0.235. The SMILES string of the molecule is CC(c1ccc2c(c1)OCC2)N1CCN(C(=O)C2CCNCC2)CC1. The molecule has 136 valence electrons.